The van der Waals surface area contributed by atoms with Crippen molar-refractivity contribution in [3.05, 3.63) is 17.7 Å². The SMILES string of the molecule is CN[C@H](C)Cc1ccc2c(c1O)OCO2.Cl. The van der Waals surface area contributed by atoms with Gasteiger partial charge in [0.2, 0.25) is 12.5 Å². The molecule has 0 saturated heterocycles. The maximum Gasteiger partial charge on any atom is 0.231 e. The highest BCUT2D eigenvalue weighted by molar-refractivity contribution is 5.85. The lowest BCUT2D eigenvalue weighted by Crippen LogP contribution is -2.23. The fourth-order valence-corrected chi connectivity index (χ4v) is 1.60. The third-order valence-corrected chi connectivity index (χ3v) is 2.62. The first-order valence-corrected chi connectivity index (χ1v) is 5.00. The maximum absolute atomic E-state index is 9.92. The number of halogens is 1. The second kappa shape index (κ2) is 5.27. The Morgan fingerprint density at radius 2 is 2.19 bits per heavy atom. The molecule has 0 fully saturated rings. The molecule has 1 aromatic rings. The van der Waals surface area contributed by atoms with Crippen molar-refractivity contribution in [3.8, 4) is 17.2 Å². The molecule has 0 spiro atoms. The lowest BCUT2D eigenvalue weighted by atomic mass is 10.1. The summed E-state index contributed by atoms with van der Waals surface area (Å²) in [7, 11) is 1.90. The Morgan fingerprint density at radius 3 is 2.88 bits per heavy atom. The molecule has 5 heteroatoms. The smallest absolute Gasteiger partial charge is 0.231 e. The van der Waals surface area contributed by atoms with Gasteiger partial charge in [-0.1, -0.05) is 6.07 Å². The molecule has 1 atom stereocenters. The van der Waals surface area contributed by atoms with Crippen molar-refractivity contribution in [2.75, 3.05) is 13.8 Å². The number of fused-ring (bicyclic) bond motifs is 1. The first-order chi connectivity index (χ1) is 7.22. The molecule has 0 radical (unpaired) electrons. The van der Waals surface area contributed by atoms with E-state index < -0.39 is 0 Å². The van der Waals surface area contributed by atoms with Gasteiger partial charge in [-0.15, -0.1) is 12.4 Å². The standard InChI is InChI=1S/C11H15NO3.ClH/c1-7(12-2)5-8-3-4-9-11(10(8)13)15-6-14-9;/h3-4,7,12-13H,5-6H2,1-2H3;1H/t7-;/m1./s1. The summed E-state index contributed by atoms with van der Waals surface area (Å²) in [6, 6.07) is 4.02. The van der Waals surface area contributed by atoms with Crippen molar-refractivity contribution >= 4 is 12.4 Å². The van der Waals surface area contributed by atoms with Crippen molar-refractivity contribution in [1.82, 2.24) is 5.32 Å². The van der Waals surface area contributed by atoms with Crippen LogP contribution >= 0.6 is 12.4 Å². The Bertz CT molecular complexity index is 370. The number of likely N-dealkylation sites (N-methyl/N-ethyl adjacent to an activating group) is 1. The highest BCUT2D eigenvalue weighted by Gasteiger charge is 2.20. The quantitative estimate of drug-likeness (QED) is 0.851. The predicted octanol–water partition coefficient (Wildman–Crippen LogP) is 1.69. The molecule has 1 aliphatic rings. The average Bonchev–Trinajstić information content (AvgIpc) is 2.70. The van der Waals surface area contributed by atoms with E-state index in [0.717, 1.165) is 12.0 Å². The van der Waals surface area contributed by atoms with Crippen LogP contribution in [0.2, 0.25) is 0 Å². The fourth-order valence-electron chi connectivity index (χ4n) is 1.60. The zero-order chi connectivity index (χ0) is 10.8. The van der Waals surface area contributed by atoms with Crippen molar-refractivity contribution in [1.29, 1.82) is 0 Å². The van der Waals surface area contributed by atoms with Crippen LogP contribution in [-0.2, 0) is 6.42 Å². The average molecular weight is 246 g/mol. The van der Waals surface area contributed by atoms with Crippen LogP contribution in [0.25, 0.3) is 0 Å². The number of nitrogens with one attached hydrogen (secondary N) is 1. The minimum absolute atomic E-state index is 0. The van der Waals surface area contributed by atoms with E-state index in [1.54, 1.807) is 0 Å². The van der Waals surface area contributed by atoms with Gasteiger partial charge in [0.05, 0.1) is 0 Å². The highest BCUT2D eigenvalue weighted by atomic mass is 35.5. The molecule has 0 amide bonds. The monoisotopic (exact) mass is 245 g/mol. The second-order valence-corrected chi connectivity index (χ2v) is 3.70. The summed E-state index contributed by atoms with van der Waals surface area (Å²) in [5.41, 5.74) is 0.876. The Morgan fingerprint density at radius 1 is 1.44 bits per heavy atom. The highest BCUT2D eigenvalue weighted by Crippen LogP contribution is 2.42. The van der Waals surface area contributed by atoms with Crippen LogP contribution in [0.1, 0.15) is 12.5 Å². The molecule has 0 aliphatic carbocycles. The molecular weight excluding hydrogens is 230 g/mol. The van der Waals surface area contributed by atoms with E-state index in [1.165, 1.54) is 0 Å². The van der Waals surface area contributed by atoms with Crippen LogP contribution in [-0.4, -0.2) is 25.0 Å². The molecule has 1 aliphatic heterocycles. The molecule has 2 rings (SSSR count). The van der Waals surface area contributed by atoms with Crippen LogP contribution in [0.5, 0.6) is 17.2 Å². The predicted molar refractivity (Wildman–Crippen MR) is 63.7 cm³/mol. The molecule has 0 unspecified atom stereocenters. The summed E-state index contributed by atoms with van der Waals surface area (Å²) >= 11 is 0. The van der Waals surface area contributed by atoms with Gasteiger partial charge in [-0.2, -0.15) is 0 Å². The van der Waals surface area contributed by atoms with E-state index in [1.807, 2.05) is 19.2 Å². The van der Waals surface area contributed by atoms with Crippen LogP contribution in [0.15, 0.2) is 12.1 Å². The van der Waals surface area contributed by atoms with Gasteiger partial charge < -0.3 is 19.9 Å². The number of benzene rings is 1. The van der Waals surface area contributed by atoms with Crippen molar-refractivity contribution < 1.29 is 14.6 Å². The van der Waals surface area contributed by atoms with E-state index in [4.69, 9.17) is 9.47 Å². The minimum Gasteiger partial charge on any atom is -0.504 e. The summed E-state index contributed by atoms with van der Waals surface area (Å²) in [5, 5.41) is 13.0. The third kappa shape index (κ3) is 2.33. The van der Waals surface area contributed by atoms with Crippen LogP contribution in [0, 0.1) is 0 Å². The Hall–Kier alpha value is -1.13. The van der Waals surface area contributed by atoms with Gasteiger partial charge in [0.1, 0.15) is 0 Å². The molecule has 0 saturated carbocycles. The van der Waals surface area contributed by atoms with E-state index in [-0.39, 0.29) is 24.9 Å². The van der Waals surface area contributed by atoms with Gasteiger partial charge in [-0.05, 0) is 32.0 Å². The lowest BCUT2D eigenvalue weighted by molar-refractivity contribution is 0.171. The molecule has 2 N–H and O–H groups in total. The van der Waals surface area contributed by atoms with Crippen LogP contribution < -0.4 is 14.8 Å². The Balaban J connectivity index is 0.00000128. The molecule has 1 aromatic carbocycles. The largest absolute Gasteiger partial charge is 0.504 e. The topological polar surface area (TPSA) is 50.7 Å². The van der Waals surface area contributed by atoms with Gasteiger partial charge >= 0.3 is 0 Å². The molecule has 1 heterocycles. The molecule has 0 bridgehead atoms. The first kappa shape index (κ1) is 12.9. The summed E-state index contributed by atoms with van der Waals surface area (Å²) in [6.07, 6.45) is 0.763. The molecule has 16 heavy (non-hydrogen) atoms. The number of ether oxygens (including phenoxy) is 2. The molecular formula is C11H16ClNO3. The van der Waals surface area contributed by atoms with E-state index >= 15 is 0 Å². The van der Waals surface area contributed by atoms with Gasteiger partial charge in [0.15, 0.2) is 11.5 Å². The van der Waals surface area contributed by atoms with Crippen LogP contribution in [0.3, 0.4) is 0 Å². The summed E-state index contributed by atoms with van der Waals surface area (Å²) in [5.74, 6) is 1.29. The number of phenolic OH excluding ortho intramolecular Hbond substituents is 1. The van der Waals surface area contributed by atoms with Crippen molar-refractivity contribution in [2.24, 2.45) is 0 Å². The molecule has 90 valence electrons. The van der Waals surface area contributed by atoms with Gasteiger partial charge in [0, 0.05) is 6.04 Å². The summed E-state index contributed by atoms with van der Waals surface area (Å²) in [4.78, 5) is 0. The number of rotatable bonds is 3. The van der Waals surface area contributed by atoms with Gasteiger partial charge in [0.25, 0.3) is 0 Å². The number of phenols is 1. The van der Waals surface area contributed by atoms with Crippen LogP contribution in [0.4, 0.5) is 0 Å². The molecule has 0 aromatic heterocycles. The normalized spacial score (nSPS) is 14.4. The minimum atomic E-state index is 0. The zero-order valence-electron chi connectivity index (χ0n) is 9.32. The zero-order valence-corrected chi connectivity index (χ0v) is 10.1. The lowest BCUT2D eigenvalue weighted by Gasteiger charge is -2.12. The third-order valence-electron chi connectivity index (χ3n) is 2.62. The molecule has 4 nitrogen and oxygen atoms in total. The Kier molecular flexibility index (Phi) is 4.26. The second-order valence-electron chi connectivity index (χ2n) is 3.70. The first-order valence-electron chi connectivity index (χ1n) is 5.00. The van der Waals surface area contributed by atoms with Crippen molar-refractivity contribution in [3.63, 3.8) is 0 Å². The van der Waals surface area contributed by atoms with E-state index in [9.17, 15) is 5.11 Å². The van der Waals surface area contributed by atoms with Gasteiger partial charge in [-0.3, -0.25) is 0 Å². The maximum atomic E-state index is 9.92. The number of aromatic hydroxyl groups is 1. The van der Waals surface area contributed by atoms with E-state index in [2.05, 4.69) is 12.2 Å². The number of hydrogen-bond acceptors (Lipinski definition) is 4. The number of hydrogen-bond donors (Lipinski definition) is 2. The van der Waals surface area contributed by atoms with E-state index in [0.29, 0.717) is 17.5 Å². The fraction of sp³-hybridized carbons (Fsp3) is 0.455. The van der Waals surface area contributed by atoms with Gasteiger partial charge in [-0.25, -0.2) is 0 Å². The summed E-state index contributed by atoms with van der Waals surface area (Å²) in [6.45, 7) is 2.25. The summed E-state index contributed by atoms with van der Waals surface area (Å²) < 4.78 is 10.4. The Labute approximate surface area is 101 Å². The van der Waals surface area contributed by atoms with Crippen molar-refractivity contribution in [2.45, 2.75) is 19.4 Å².